The van der Waals surface area contributed by atoms with Crippen molar-refractivity contribution in [2.45, 2.75) is 26.2 Å². The zero-order valence-corrected chi connectivity index (χ0v) is 11.4. The van der Waals surface area contributed by atoms with Crippen molar-refractivity contribution in [1.82, 2.24) is 0 Å². The van der Waals surface area contributed by atoms with Crippen LogP contribution >= 0.6 is 12.4 Å². The first-order chi connectivity index (χ1) is 8.24. The second-order valence-electron chi connectivity index (χ2n) is 4.34. The summed E-state index contributed by atoms with van der Waals surface area (Å²) in [6.07, 6.45) is 3.29. The van der Waals surface area contributed by atoms with Gasteiger partial charge < -0.3 is 5.73 Å². The molecule has 0 unspecified atom stereocenters. The number of aryl methyl sites for hydroxylation is 1. The van der Waals surface area contributed by atoms with Crippen LogP contribution in [0.3, 0.4) is 0 Å². The molecule has 0 aromatic heterocycles. The molecule has 2 nitrogen and oxygen atoms in total. The number of unbranched alkanes of at least 4 members (excludes halogenated alkanes) is 1. The Morgan fingerprint density at radius 3 is 2.56 bits per heavy atom. The van der Waals surface area contributed by atoms with E-state index in [9.17, 15) is 0 Å². The fourth-order valence-electron chi connectivity index (χ4n) is 2.21. The van der Waals surface area contributed by atoms with E-state index in [0.29, 0.717) is 0 Å². The van der Waals surface area contributed by atoms with E-state index in [4.69, 9.17) is 11.1 Å². The first-order valence-electron chi connectivity index (χ1n) is 6.09. The molecule has 0 amide bonds. The molecule has 0 heterocycles. The van der Waals surface area contributed by atoms with Crippen LogP contribution in [0.5, 0.6) is 0 Å². The first kappa shape index (κ1) is 14.5. The van der Waals surface area contributed by atoms with Gasteiger partial charge in [0, 0.05) is 5.56 Å². The van der Waals surface area contributed by atoms with Gasteiger partial charge >= 0.3 is 0 Å². The predicted octanol–water partition coefficient (Wildman–Crippen LogP) is 3.89. The van der Waals surface area contributed by atoms with Gasteiger partial charge in [-0.25, -0.2) is 0 Å². The molecule has 0 saturated carbocycles. The topological polar surface area (TPSA) is 49.9 Å². The molecule has 0 aliphatic heterocycles. The zero-order valence-electron chi connectivity index (χ0n) is 10.6. The number of nitrogen functional groups attached to an aromatic ring is 1. The summed E-state index contributed by atoms with van der Waals surface area (Å²) in [4.78, 5) is 0. The molecule has 0 radical (unpaired) electrons. The number of rotatable bonds is 4. The molecule has 0 aliphatic carbocycles. The van der Waals surface area contributed by atoms with Crippen molar-refractivity contribution in [3.63, 3.8) is 0 Å². The highest BCUT2D eigenvalue weighted by molar-refractivity contribution is 6.08. The van der Waals surface area contributed by atoms with Gasteiger partial charge in [0.2, 0.25) is 0 Å². The van der Waals surface area contributed by atoms with E-state index in [-0.39, 0.29) is 18.2 Å². The number of hydrogen-bond donors (Lipinski definition) is 2. The van der Waals surface area contributed by atoms with Crippen LogP contribution in [0.25, 0.3) is 10.8 Å². The van der Waals surface area contributed by atoms with Crippen LogP contribution < -0.4 is 5.73 Å². The largest absolute Gasteiger partial charge is 0.384 e. The second-order valence-corrected chi connectivity index (χ2v) is 4.34. The predicted molar refractivity (Wildman–Crippen MR) is 80.8 cm³/mol. The van der Waals surface area contributed by atoms with E-state index in [2.05, 4.69) is 25.1 Å². The maximum Gasteiger partial charge on any atom is 0.123 e. The van der Waals surface area contributed by atoms with Gasteiger partial charge in [0.1, 0.15) is 5.84 Å². The summed E-state index contributed by atoms with van der Waals surface area (Å²) in [7, 11) is 0. The van der Waals surface area contributed by atoms with E-state index in [1.165, 1.54) is 5.56 Å². The Hall–Kier alpha value is -1.54. The maximum absolute atomic E-state index is 7.77. The van der Waals surface area contributed by atoms with E-state index in [0.717, 1.165) is 35.6 Å². The fraction of sp³-hybridized carbons (Fsp3) is 0.267. The Labute approximate surface area is 114 Å². The normalized spacial score (nSPS) is 10.1. The Morgan fingerprint density at radius 1 is 1.17 bits per heavy atom. The molecule has 3 N–H and O–H groups in total. The number of amidine groups is 1. The lowest BCUT2D eigenvalue weighted by atomic mass is 9.95. The molecule has 18 heavy (non-hydrogen) atoms. The minimum Gasteiger partial charge on any atom is -0.384 e. The first-order valence-corrected chi connectivity index (χ1v) is 6.09. The van der Waals surface area contributed by atoms with Gasteiger partial charge in [0.25, 0.3) is 0 Å². The van der Waals surface area contributed by atoms with Crippen LogP contribution in [0.1, 0.15) is 30.9 Å². The molecule has 2 aromatic rings. The number of nitrogens with two attached hydrogens (primary N) is 1. The van der Waals surface area contributed by atoms with Crippen LogP contribution in [-0.4, -0.2) is 5.84 Å². The lowest BCUT2D eigenvalue weighted by Gasteiger charge is -2.11. The Balaban J connectivity index is 0.00000162. The van der Waals surface area contributed by atoms with Crippen molar-refractivity contribution in [1.29, 1.82) is 5.41 Å². The van der Waals surface area contributed by atoms with Gasteiger partial charge in [0.15, 0.2) is 0 Å². The Bertz CT molecular complexity index is 549. The van der Waals surface area contributed by atoms with Gasteiger partial charge in [-0.1, -0.05) is 49.7 Å². The third kappa shape index (κ3) is 2.82. The van der Waals surface area contributed by atoms with Gasteiger partial charge in [-0.05, 0) is 29.2 Å². The van der Waals surface area contributed by atoms with Gasteiger partial charge in [-0.15, -0.1) is 12.4 Å². The van der Waals surface area contributed by atoms with E-state index >= 15 is 0 Å². The summed E-state index contributed by atoms with van der Waals surface area (Å²) in [6.45, 7) is 2.18. The number of halogens is 1. The standard InChI is InChI=1S/C15H18N2.ClH/c1-2-3-6-12-10-9-11-7-4-5-8-13(11)14(12)15(16)17;/h4-5,7-10H,2-3,6H2,1H3,(H3,16,17);1H. The molecule has 0 atom stereocenters. The van der Waals surface area contributed by atoms with Crippen molar-refractivity contribution in [3.05, 3.63) is 47.5 Å². The van der Waals surface area contributed by atoms with E-state index < -0.39 is 0 Å². The summed E-state index contributed by atoms with van der Waals surface area (Å²) in [5.74, 6) is 0.174. The number of fused-ring (bicyclic) bond motifs is 1. The van der Waals surface area contributed by atoms with Crippen molar-refractivity contribution in [2.24, 2.45) is 5.73 Å². The summed E-state index contributed by atoms with van der Waals surface area (Å²) < 4.78 is 0. The van der Waals surface area contributed by atoms with Gasteiger partial charge in [0.05, 0.1) is 0 Å². The molecule has 0 spiro atoms. The average molecular weight is 263 g/mol. The summed E-state index contributed by atoms with van der Waals surface area (Å²) in [5.41, 5.74) is 7.84. The third-order valence-corrected chi connectivity index (χ3v) is 3.08. The molecule has 0 saturated heterocycles. The van der Waals surface area contributed by atoms with Crippen LogP contribution in [0, 0.1) is 5.41 Å². The molecule has 0 aliphatic rings. The number of benzene rings is 2. The molecule has 0 bridgehead atoms. The molecule has 0 fully saturated rings. The van der Waals surface area contributed by atoms with Crippen LogP contribution in [-0.2, 0) is 6.42 Å². The number of nitrogens with one attached hydrogen (secondary N) is 1. The molecule has 2 aromatic carbocycles. The Kier molecular flexibility index (Phi) is 5.17. The van der Waals surface area contributed by atoms with Crippen molar-refractivity contribution in [2.75, 3.05) is 0 Å². The zero-order chi connectivity index (χ0) is 12.3. The van der Waals surface area contributed by atoms with Crippen LogP contribution in [0.4, 0.5) is 0 Å². The third-order valence-electron chi connectivity index (χ3n) is 3.08. The van der Waals surface area contributed by atoms with Crippen LogP contribution in [0.2, 0.25) is 0 Å². The lowest BCUT2D eigenvalue weighted by Crippen LogP contribution is -2.14. The SMILES string of the molecule is CCCCc1ccc2ccccc2c1C(=N)N.Cl. The van der Waals surface area contributed by atoms with Gasteiger partial charge in [-0.2, -0.15) is 0 Å². The monoisotopic (exact) mass is 262 g/mol. The maximum atomic E-state index is 7.77. The molecule has 96 valence electrons. The minimum absolute atomic E-state index is 0. The number of hydrogen-bond acceptors (Lipinski definition) is 1. The minimum atomic E-state index is 0. The molecular formula is C15H19ClN2. The Morgan fingerprint density at radius 2 is 1.89 bits per heavy atom. The average Bonchev–Trinajstić information content (AvgIpc) is 2.35. The summed E-state index contributed by atoms with van der Waals surface area (Å²) in [6, 6.07) is 12.3. The van der Waals surface area contributed by atoms with Crippen molar-refractivity contribution >= 4 is 29.0 Å². The van der Waals surface area contributed by atoms with E-state index in [1.54, 1.807) is 0 Å². The highest BCUT2D eigenvalue weighted by Crippen LogP contribution is 2.23. The van der Waals surface area contributed by atoms with E-state index in [1.807, 2.05) is 18.2 Å². The smallest absolute Gasteiger partial charge is 0.123 e. The van der Waals surface area contributed by atoms with Crippen molar-refractivity contribution < 1.29 is 0 Å². The highest BCUT2D eigenvalue weighted by atomic mass is 35.5. The summed E-state index contributed by atoms with van der Waals surface area (Å²) >= 11 is 0. The highest BCUT2D eigenvalue weighted by Gasteiger charge is 2.09. The lowest BCUT2D eigenvalue weighted by molar-refractivity contribution is 0.795. The second kappa shape index (κ2) is 6.41. The fourth-order valence-corrected chi connectivity index (χ4v) is 2.21. The van der Waals surface area contributed by atoms with Gasteiger partial charge in [-0.3, -0.25) is 5.41 Å². The van der Waals surface area contributed by atoms with Crippen LogP contribution in [0.15, 0.2) is 36.4 Å². The summed E-state index contributed by atoms with van der Waals surface area (Å²) in [5, 5.41) is 10.0. The molecule has 3 heteroatoms. The van der Waals surface area contributed by atoms with Crippen molar-refractivity contribution in [3.8, 4) is 0 Å². The molecule has 2 rings (SSSR count). The quantitative estimate of drug-likeness (QED) is 0.637. The molecular weight excluding hydrogens is 244 g/mol.